The van der Waals surface area contributed by atoms with Crippen LogP contribution in [0.3, 0.4) is 0 Å². The minimum Gasteiger partial charge on any atom is -0.456 e. The second-order valence-electron chi connectivity index (χ2n) is 4.61. The summed E-state index contributed by atoms with van der Waals surface area (Å²) in [6, 6.07) is 0. The Kier molecular flexibility index (Phi) is 4.37. The van der Waals surface area contributed by atoms with Crippen LogP contribution in [0.25, 0.3) is 0 Å². The summed E-state index contributed by atoms with van der Waals surface area (Å²) in [6.45, 7) is 1.66. The van der Waals surface area contributed by atoms with E-state index in [0.29, 0.717) is 11.5 Å². The van der Waals surface area contributed by atoms with Gasteiger partial charge < -0.3 is 4.74 Å². The van der Waals surface area contributed by atoms with Crippen LogP contribution in [0, 0.1) is 5.92 Å². The van der Waals surface area contributed by atoms with Gasteiger partial charge in [0.25, 0.3) is 0 Å². The van der Waals surface area contributed by atoms with E-state index >= 15 is 0 Å². The molecule has 0 bridgehead atoms. The van der Waals surface area contributed by atoms with Crippen molar-refractivity contribution < 1.29 is 19.1 Å². The first-order chi connectivity index (χ1) is 8.58. The first-order valence-electron chi connectivity index (χ1n) is 6.02. The maximum atomic E-state index is 12.1. The molecule has 2 fully saturated rings. The van der Waals surface area contributed by atoms with E-state index in [1.54, 1.807) is 30.4 Å². The Morgan fingerprint density at radius 1 is 1.33 bits per heavy atom. The molecular formula is C12H16O4S2. The van der Waals surface area contributed by atoms with Crippen molar-refractivity contribution >= 4 is 41.1 Å². The number of carbonyl (C=O) groups excluding carboxylic acids is 3. The van der Waals surface area contributed by atoms with Crippen LogP contribution < -0.4 is 0 Å². The van der Waals surface area contributed by atoms with E-state index < -0.39 is 17.5 Å². The van der Waals surface area contributed by atoms with Crippen molar-refractivity contribution in [3.05, 3.63) is 0 Å². The fourth-order valence-corrected chi connectivity index (χ4v) is 4.84. The van der Waals surface area contributed by atoms with Gasteiger partial charge in [0.05, 0.1) is 0 Å². The van der Waals surface area contributed by atoms with Crippen molar-refractivity contribution in [2.45, 2.75) is 25.4 Å². The average molecular weight is 288 g/mol. The zero-order valence-electron chi connectivity index (χ0n) is 10.3. The zero-order valence-corrected chi connectivity index (χ0v) is 11.9. The third kappa shape index (κ3) is 2.74. The molecule has 6 heteroatoms. The Bertz CT molecular complexity index is 352. The molecule has 2 aliphatic rings. The number of hydrogen-bond acceptors (Lipinski definition) is 6. The van der Waals surface area contributed by atoms with Gasteiger partial charge in [-0.15, -0.1) is 0 Å². The molecule has 0 radical (unpaired) electrons. The van der Waals surface area contributed by atoms with E-state index in [0.717, 1.165) is 11.5 Å². The Balaban J connectivity index is 2.15. The molecule has 0 aliphatic carbocycles. The molecule has 1 atom stereocenters. The van der Waals surface area contributed by atoms with E-state index in [-0.39, 0.29) is 24.4 Å². The molecule has 1 spiro atoms. The van der Waals surface area contributed by atoms with Crippen molar-refractivity contribution in [3.8, 4) is 0 Å². The van der Waals surface area contributed by atoms with Gasteiger partial charge in [-0.3, -0.25) is 14.4 Å². The van der Waals surface area contributed by atoms with Crippen LogP contribution in [0.2, 0.25) is 0 Å². The second kappa shape index (κ2) is 5.65. The topological polar surface area (TPSA) is 60.4 Å². The fraction of sp³-hybridized carbons (Fsp3) is 0.750. The SMILES string of the molecule is CCC(=O)C1C(=O)CC2(CSCCSC2)OC1=O. The van der Waals surface area contributed by atoms with E-state index in [1.165, 1.54) is 0 Å². The normalized spacial score (nSPS) is 27.7. The van der Waals surface area contributed by atoms with Crippen molar-refractivity contribution in [2.24, 2.45) is 5.92 Å². The van der Waals surface area contributed by atoms with Crippen molar-refractivity contribution in [1.82, 2.24) is 0 Å². The summed E-state index contributed by atoms with van der Waals surface area (Å²) in [5, 5.41) is 0. The lowest BCUT2D eigenvalue weighted by atomic mass is 9.86. The number of ether oxygens (including phenoxy) is 1. The summed E-state index contributed by atoms with van der Waals surface area (Å²) >= 11 is 3.41. The lowest BCUT2D eigenvalue weighted by Gasteiger charge is -2.36. The second-order valence-corrected chi connectivity index (χ2v) is 6.82. The van der Waals surface area contributed by atoms with Crippen LogP contribution in [0.5, 0.6) is 0 Å². The van der Waals surface area contributed by atoms with Crippen LogP contribution in [0.1, 0.15) is 19.8 Å². The molecule has 0 aromatic carbocycles. The molecule has 2 saturated heterocycles. The van der Waals surface area contributed by atoms with Gasteiger partial charge in [0, 0.05) is 35.9 Å². The van der Waals surface area contributed by atoms with Crippen LogP contribution in [0.15, 0.2) is 0 Å². The van der Waals surface area contributed by atoms with Crippen LogP contribution in [0.4, 0.5) is 0 Å². The Morgan fingerprint density at radius 2 is 1.94 bits per heavy atom. The zero-order chi connectivity index (χ0) is 13.2. The average Bonchev–Trinajstić information content (AvgIpc) is 2.53. The predicted molar refractivity (Wildman–Crippen MR) is 71.9 cm³/mol. The highest BCUT2D eigenvalue weighted by molar-refractivity contribution is 8.03. The maximum absolute atomic E-state index is 12.1. The third-order valence-corrected chi connectivity index (χ3v) is 5.85. The fourth-order valence-electron chi connectivity index (χ4n) is 2.21. The summed E-state index contributed by atoms with van der Waals surface area (Å²) in [4.78, 5) is 35.6. The molecule has 100 valence electrons. The van der Waals surface area contributed by atoms with Gasteiger partial charge in [0.2, 0.25) is 0 Å². The van der Waals surface area contributed by atoms with Crippen molar-refractivity contribution in [2.75, 3.05) is 23.0 Å². The summed E-state index contributed by atoms with van der Waals surface area (Å²) in [5.41, 5.74) is -0.676. The number of thioether (sulfide) groups is 2. The molecular weight excluding hydrogens is 272 g/mol. The molecule has 0 N–H and O–H groups in total. The third-order valence-electron chi connectivity index (χ3n) is 3.14. The highest BCUT2D eigenvalue weighted by atomic mass is 32.2. The number of ketones is 2. The van der Waals surface area contributed by atoms with E-state index in [2.05, 4.69) is 0 Å². The quantitative estimate of drug-likeness (QED) is 0.564. The molecule has 4 nitrogen and oxygen atoms in total. The van der Waals surface area contributed by atoms with Gasteiger partial charge in [0.15, 0.2) is 17.5 Å². The summed E-state index contributed by atoms with van der Waals surface area (Å²) in [7, 11) is 0. The standard InChI is InChI=1S/C12H16O4S2/c1-2-8(13)10-9(14)5-12(16-11(10)15)6-17-3-4-18-7-12/h10H,2-7H2,1H3. The van der Waals surface area contributed by atoms with E-state index in [4.69, 9.17) is 4.74 Å². The molecule has 0 saturated carbocycles. The smallest absolute Gasteiger partial charge is 0.324 e. The number of carbonyl (C=O) groups is 3. The molecule has 0 amide bonds. The first kappa shape index (κ1) is 13.9. The van der Waals surface area contributed by atoms with Gasteiger partial charge in [-0.05, 0) is 0 Å². The van der Waals surface area contributed by atoms with Crippen molar-refractivity contribution in [3.63, 3.8) is 0 Å². The number of Topliss-reactive ketones (excluding diaryl/α,β-unsaturated/α-hetero) is 2. The van der Waals surface area contributed by atoms with Crippen molar-refractivity contribution in [1.29, 1.82) is 0 Å². The Morgan fingerprint density at radius 3 is 2.44 bits per heavy atom. The van der Waals surface area contributed by atoms with E-state index in [9.17, 15) is 14.4 Å². The lowest BCUT2D eigenvalue weighted by Crippen LogP contribution is -2.52. The lowest BCUT2D eigenvalue weighted by molar-refractivity contribution is -0.173. The minimum absolute atomic E-state index is 0.190. The van der Waals surface area contributed by atoms with Gasteiger partial charge in [-0.25, -0.2) is 0 Å². The predicted octanol–water partition coefficient (Wildman–Crippen LogP) is 1.32. The first-order valence-corrected chi connectivity index (χ1v) is 8.33. The van der Waals surface area contributed by atoms with Crippen LogP contribution in [-0.4, -0.2) is 46.1 Å². The van der Waals surface area contributed by atoms with E-state index in [1.807, 2.05) is 0 Å². The molecule has 2 rings (SSSR count). The summed E-state index contributed by atoms with van der Waals surface area (Å²) in [5.74, 6) is 0.940. The molecule has 0 aromatic heterocycles. The number of esters is 1. The van der Waals surface area contributed by atoms with Crippen LogP contribution in [-0.2, 0) is 19.1 Å². The van der Waals surface area contributed by atoms with Gasteiger partial charge in [-0.2, -0.15) is 23.5 Å². The highest BCUT2D eigenvalue weighted by Crippen LogP contribution is 2.36. The highest BCUT2D eigenvalue weighted by Gasteiger charge is 2.49. The maximum Gasteiger partial charge on any atom is 0.324 e. The molecule has 0 aromatic rings. The summed E-state index contributed by atoms with van der Waals surface area (Å²) in [6.07, 6.45) is 0.386. The summed E-state index contributed by atoms with van der Waals surface area (Å²) < 4.78 is 5.48. The molecule has 2 aliphatic heterocycles. The van der Waals surface area contributed by atoms with Crippen LogP contribution >= 0.6 is 23.5 Å². The molecule has 18 heavy (non-hydrogen) atoms. The minimum atomic E-state index is -1.17. The number of hydrogen-bond donors (Lipinski definition) is 0. The Hall–Kier alpha value is -0.490. The monoisotopic (exact) mass is 288 g/mol. The van der Waals surface area contributed by atoms with Gasteiger partial charge in [-0.1, -0.05) is 6.92 Å². The largest absolute Gasteiger partial charge is 0.456 e. The Labute approximate surface area is 115 Å². The number of rotatable bonds is 2. The molecule has 2 heterocycles. The van der Waals surface area contributed by atoms with Gasteiger partial charge in [0.1, 0.15) is 5.60 Å². The molecule has 1 unspecified atom stereocenters. The van der Waals surface area contributed by atoms with Gasteiger partial charge >= 0.3 is 5.97 Å².